The molecule has 1 aromatic rings. The number of nitrogens with zero attached hydrogens (tertiary/aromatic N) is 3. The number of aromatic nitrogens is 1. The summed E-state index contributed by atoms with van der Waals surface area (Å²) in [6.45, 7) is 2.09. The molecular formula is C18H18N4O3. The Hall–Kier alpha value is -2.88. The molecule has 1 aliphatic heterocycles. The van der Waals surface area contributed by atoms with E-state index in [0.29, 0.717) is 30.7 Å². The second kappa shape index (κ2) is 5.88. The summed E-state index contributed by atoms with van der Waals surface area (Å²) in [6.07, 6.45) is 4.05. The first-order valence-corrected chi connectivity index (χ1v) is 8.36. The molecule has 1 aromatic heterocycles. The third-order valence-corrected chi connectivity index (χ3v) is 5.08. The average Bonchev–Trinajstić information content (AvgIpc) is 2.94. The number of pyridine rings is 1. The maximum absolute atomic E-state index is 12.0. The highest BCUT2D eigenvalue weighted by Gasteiger charge is 2.52. The lowest BCUT2D eigenvalue weighted by atomic mass is 10.0. The quantitative estimate of drug-likeness (QED) is 0.902. The largest absolute Gasteiger partial charge is 0.442 e. The van der Waals surface area contributed by atoms with Crippen LogP contribution in [0.25, 0.3) is 5.57 Å². The highest BCUT2D eigenvalue weighted by atomic mass is 16.6. The van der Waals surface area contributed by atoms with E-state index in [2.05, 4.69) is 22.4 Å². The zero-order valence-electron chi connectivity index (χ0n) is 13.8. The summed E-state index contributed by atoms with van der Waals surface area (Å²) in [5, 5.41) is 11.6. The van der Waals surface area contributed by atoms with Crippen molar-refractivity contribution in [1.29, 1.82) is 5.26 Å². The first-order valence-electron chi connectivity index (χ1n) is 8.36. The molecule has 1 saturated carbocycles. The van der Waals surface area contributed by atoms with Gasteiger partial charge < -0.3 is 10.1 Å². The van der Waals surface area contributed by atoms with Crippen molar-refractivity contribution >= 4 is 23.4 Å². The van der Waals surface area contributed by atoms with Crippen LogP contribution in [0.15, 0.2) is 24.4 Å². The van der Waals surface area contributed by atoms with E-state index in [-0.39, 0.29) is 17.9 Å². The Morgan fingerprint density at radius 3 is 2.96 bits per heavy atom. The molecule has 25 heavy (non-hydrogen) atoms. The van der Waals surface area contributed by atoms with Gasteiger partial charge in [0.2, 0.25) is 5.91 Å². The molecule has 4 atom stereocenters. The van der Waals surface area contributed by atoms with Gasteiger partial charge in [0.05, 0.1) is 25.1 Å². The number of hydrogen-bond acceptors (Lipinski definition) is 5. The van der Waals surface area contributed by atoms with E-state index in [1.165, 1.54) is 17.4 Å². The molecule has 1 N–H and O–H groups in total. The van der Waals surface area contributed by atoms with Gasteiger partial charge in [0.1, 0.15) is 11.9 Å². The number of nitriles is 1. The van der Waals surface area contributed by atoms with Crippen molar-refractivity contribution in [2.24, 2.45) is 17.8 Å². The van der Waals surface area contributed by atoms with Gasteiger partial charge in [-0.3, -0.25) is 9.69 Å². The number of ether oxygens (including phenoxy) is 1. The molecule has 2 aliphatic carbocycles. The number of carbonyl (C=O) groups excluding carboxylic acids is 2. The lowest BCUT2D eigenvalue weighted by Crippen LogP contribution is -2.33. The molecule has 0 aromatic carbocycles. The minimum Gasteiger partial charge on any atom is -0.442 e. The fraction of sp³-hybridized carbons (Fsp3) is 0.444. The molecule has 0 spiro atoms. The van der Waals surface area contributed by atoms with E-state index in [0.717, 1.165) is 12.0 Å². The van der Waals surface area contributed by atoms with Crippen LogP contribution in [0, 0.1) is 29.1 Å². The molecule has 4 rings (SSSR count). The van der Waals surface area contributed by atoms with Crippen molar-refractivity contribution in [2.75, 3.05) is 18.0 Å². The van der Waals surface area contributed by atoms with Crippen LogP contribution in [0.2, 0.25) is 0 Å². The van der Waals surface area contributed by atoms with Gasteiger partial charge in [-0.05, 0) is 41.5 Å². The summed E-state index contributed by atoms with van der Waals surface area (Å²) >= 11 is 0. The Bertz CT molecular complexity index is 796. The first-order chi connectivity index (χ1) is 12.1. The lowest BCUT2D eigenvalue weighted by Gasteiger charge is -2.13. The molecule has 3 aliphatic rings. The molecule has 7 heteroatoms. The van der Waals surface area contributed by atoms with Gasteiger partial charge in [0, 0.05) is 13.1 Å². The fourth-order valence-electron chi connectivity index (χ4n) is 3.65. The minimum absolute atomic E-state index is 0.154. The molecule has 0 unspecified atom stereocenters. The van der Waals surface area contributed by atoms with Crippen LogP contribution >= 0.6 is 0 Å². The standard InChI is InChI=1S/C18H18N4O3/c1-10(23)20-8-13-9-22(18(24)25-13)17-3-2-11(7-21-17)12-4-14-15(5-12)16(14)6-19/h2-4,7,13-16H,5,8-9H2,1H3,(H,20,23)/t13-,14+,15-,16-/m0/s1. The Balaban J connectivity index is 1.41. The van der Waals surface area contributed by atoms with Gasteiger partial charge in [-0.2, -0.15) is 5.26 Å². The van der Waals surface area contributed by atoms with Gasteiger partial charge in [-0.25, -0.2) is 9.78 Å². The fourth-order valence-corrected chi connectivity index (χ4v) is 3.65. The number of hydrogen-bond donors (Lipinski definition) is 1. The summed E-state index contributed by atoms with van der Waals surface area (Å²) < 4.78 is 5.24. The number of rotatable bonds is 4. The van der Waals surface area contributed by atoms with Crippen LogP contribution in [0.3, 0.4) is 0 Å². The van der Waals surface area contributed by atoms with E-state index in [1.54, 1.807) is 6.20 Å². The smallest absolute Gasteiger partial charge is 0.416 e. The van der Waals surface area contributed by atoms with Gasteiger partial charge in [-0.15, -0.1) is 0 Å². The molecule has 1 saturated heterocycles. The van der Waals surface area contributed by atoms with Gasteiger partial charge in [0.25, 0.3) is 0 Å². The zero-order chi connectivity index (χ0) is 17.6. The normalized spacial score (nSPS) is 29.5. The number of anilines is 1. The average molecular weight is 338 g/mol. The molecule has 2 amide bonds. The van der Waals surface area contributed by atoms with Crippen LogP contribution in [0.5, 0.6) is 0 Å². The Kier molecular flexibility index (Phi) is 3.68. The molecular weight excluding hydrogens is 320 g/mol. The maximum atomic E-state index is 12.0. The Morgan fingerprint density at radius 1 is 1.52 bits per heavy atom. The number of allylic oxidation sites excluding steroid dienone is 2. The molecule has 2 heterocycles. The van der Waals surface area contributed by atoms with Crippen LogP contribution in [0.1, 0.15) is 18.9 Å². The van der Waals surface area contributed by atoms with E-state index in [1.807, 2.05) is 12.1 Å². The van der Waals surface area contributed by atoms with Crippen LogP contribution in [-0.4, -0.2) is 36.2 Å². The predicted molar refractivity (Wildman–Crippen MR) is 89.2 cm³/mol. The minimum atomic E-state index is -0.450. The molecule has 2 fully saturated rings. The maximum Gasteiger partial charge on any atom is 0.416 e. The molecule has 0 bridgehead atoms. The summed E-state index contributed by atoms with van der Waals surface area (Å²) in [6, 6.07) is 6.10. The third kappa shape index (κ3) is 2.84. The second-order valence-corrected chi connectivity index (χ2v) is 6.75. The van der Waals surface area contributed by atoms with Crippen molar-refractivity contribution in [3.63, 3.8) is 0 Å². The van der Waals surface area contributed by atoms with E-state index < -0.39 is 6.09 Å². The molecule has 7 nitrogen and oxygen atoms in total. The summed E-state index contributed by atoms with van der Waals surface area (Å²) in [7, 11) is 0. The molecule has 128 valence electrons. The van der Waals surface area contributed by atoms with E-state index >= 15 is 0 Å². The number of cyclic esters (lactones) is 1. The van der Waals surface area contributed by atoms with Crippen LogP contribution < -0.4 is 10.2 Å². The molecule has 0 radical (unpaired) electrons. The first kappa shape index (κ1) is 15.6. The van der Waals surface area contributed by atoms with E-state index in [4.69, 9.17) is 10.00 Å². The monoisotopic (exact) mass is 338 g/mol. The number of fused-ring (bicyclic) bond motifs is 1. The number of nitrogens with one attached hydrogen (secondary N) is 1. The van der Waals surface area contributed by atoms with Crippen LogP contribution in [0.4, 0.5) is 10.6 Å². The van der Waals surface area contributed by atoms with Crippen molar-refractivity contribution in [2.45, 2.75) is 19.4 Å². The summed E-state index contributed by atoms with van der Waals surface area (Å²) in [4.78, 5) is 28.8. The summed E-state index contributed by atoms with van der Waals surface area (Å²) in [5.41, 5.74) is 2.27. The highest BCUT2D eigenvalue weighted by Crippen LogP contribution is 2.57. The second-order valence-electron chi connectivity index (χ2n) is 6.75. The van der Waals surface area contributed by atoms with Crippen molar-refractivity contribution in [3.05, 3.63) is 30.0 Å². The van der Waals surface area contributed by atoms with Crippen LogP contribution in [-0.2, 0) is 9.53 Å². The van der Waals surface area contributed by atoms with Crippen molar-refractivity contribution in [3.8, 4) is 6.07 Å². The highest BCUT2D eigenvalue weighted by molar-refractivity contribution is 5.88. The predicted octanol–water partition coefficient (Wildman–Crippen LogP) is 1.72. The zero-order valence-corrected chi connectivity index (χ0v) is 13.8. The Morgan fingerprint density at radius 2 is 2.36 bits per heavy atom. The Labute approximate surface area is 145 Å². The van der Waals surface area contributed by atoms with Gasteiger partial charge in [-0.1, -0.05) is 6.08 Å². The van der Waals surface area contributed by atoms with Crippen molar-refractivity contribution in [1.82, 2.24) is 10.3 Å². The SMILES string of the molecule is CC(=O)NC[C@H]1CN(c2ccc(C3=C[C@H]4[C@H](C#N)[C@H]4C3)cn2)C(=O)O1. The third-order valence-electron chi connectivity index (χ3n) is 5.08. The number of amides is 2. The number of carbonyl (C=O) groups is 2. The van der Waals surface area contributed by atoms with Gasteiger partial charge in [0.15, 0.2) is 0 Å². The van der Waals surface area contributed by atoms with Crippen molar-refractivity contribution < 1.29 is 14.3 Å². The van der Waals surface area contributed by atoms with E-state index in [9.17, 15) is 9.59 Å². The summed E-state index contributed by atoms with van der Waals surface area (Å²) in [5.74, 6) is 1.46. The van der Waals surface area contributed by atoms with Gasteiger partial charge >= 0.3 is 6.09 Å². The lowest BCUT2D eigenvalue weighted by molar-refractivity contribution is -0.119. The topological polar surface area (TPSA) is 95.3 Å².